The molecule has 0 saturated heterocycles. The first kappa shape index (κ1) is 17.6. The highest BCUT2D eigenvalue weighted by Gasteiger charge is 2.11. The first-order chi connectivity index (χ1) is 12.7. The Kier molecular flexibility index (Phi) is 5.96. The van der Waals surface area contributed by atoms with E-state index in [0.29, 0.717) is 22.9 Å². The fourth-order valence-corrected chi connectivity index (χ4v) is 2.33. The molecule has 0 radical (unpaired) electrons. The average Bonchev–Trinajstić information content (AvgIpc) is 2.68. The Hall–Kier alpha value is -3.18. The van der Waals surface area contributed by atoms with Gasteiger partial charge in [-0.3, -0.25) is 9.78 Å². The van der Waals surface area contributed by atoms with Crippen LogP contribution >= 0.6 is 11.6 Å². The maximum absolute atomic E-state index is 12.4. The molecule has 0 fully saturated rings. The van der Waals surface area contributed by atoms with Gasteiger partial charge in [-0.25, -0.2) is 5.43 Å². The summed E-state index contributed by atoms with van der Waals surface area (Å²) >= 11 is 5.88. The third-order valence-electron chi connectivity index (χ3n) is 3.50. The number of hydrogen-bond acceptors (Lipinski definition) is 4. The van der Waals surface area contributed by atoms with E-state index in [2.05, 4.69) is 15.5 Å². The van der Waals surface area contributed by atoms with E-state index in [1.54, 1.807) is 48.8 Å². The van der Waals surface area contributed by atoms with E-state index in [0.717, 1.165) is 11.1 Å². The van der Waals surface area contributed by atoms with Crippen LogP contribution in [0.3, 0.4) is 0 Å². The van der Waals surface area contributed by atoms with Crippen LogP contribution in [0.2, 0.25) is 5.02 Å². The summed E-state index contributed by atoms with van der Waals surface area (Å²) in [7, 11) is 0. The van der Waals surface area contributed by atoms with Crippen molar-refractivity contribution in [2.45, 2.75) is 6.61 Å². The number of pyridine rings is 1. The summed E-state index contributed by atoms with van der Waals surface area (Å²) in [5.74, 6) is 0.133. The lowest BCUT2D eigenvalue weighted by molar-refractivity contribution is 0.0950. The molecule has 0 bridgehead atoms. The van der Waals surface area contributed by atoms with Crippen molar-refractivity contribution in [1.82, 2.24) is 10.4 Å². The van der Waals surface area contributed by atoms with Crippen LogP contribution in [0.1, 0.15) is 21.5 Å². The molecule has 0 unspecified atom stereocenters. The standard InChI is InChI=1S/C20H16ClN3O2/c21-17-9-7-15(8-10-17)14-26-19-6-2-1-5-18(19)20(25)24-23-13-16-4-3-11-22-12-16/h1-13H,14H2,(H,24,25)/b23-13-. The minimum atomic E-state index is -0.350. The summed E-state index contributed by atoms with van der Waals surface area (Å²) in [6, 6.07) is 18.0. The van der Waals surface area contributed by atoms with Gasteiger partial charge in [0, 0.05) is 23.0 Å². The van der Waals surface area contributed by atoms with Gasteiger partial charge in [-0.1, -0.05) is 41.9 Å². The number of halogens is 1. The lowest BCUT2D eigenvalue weighted by Crippen LogP contribution is -2.18. The summed E-state index contributed by atoms with van der Waals surface area (Å²) in [6.45, 7) is 0.334. The number of nitrogens with one attached hydrogen (secondary N) is 1. The van der Waals surface area contributed by atoms with E-state index < -0.39 is 0 Å². The van der Waals surface area contributed by atoms with Crippen LogP contribution < -0.4 is 10.2 Å². The van der Waals surface area contributed by atoms with Gasteiger partial charge >= 0.3 is 0 Å². The number of carbonyl (C=O) groups is 1. The Morgan fingerprint density at radius 2 is 1.92 bits per heavy atom. The molecule has 1 heterocycles. The highest BCUT2D eigenvalue weighted by atomic mass is 35.5. The highest BCUT2D eigenvalue weighted by Crippen LogP contribution is 2.20. The third kappa shape index (κ3) is 4.91. The Balaban J connectivity index is 1.65. The maximum atomic E-state index is 12.4. The molecule has 5 nitrogen and oxygen atoms in total. The van der Waals surface area contributed by atoms with Crippen LogP contribution in [0, 0.1) is 0 Å². The lowest BCUT2D eigenvalue weighted by atomic mass is 10.2. The number of hydrogen-bond donors (Lipinski definition) is 1. The van der Waals surface area contributed by atoms with Gasteiger partial charge in [0.2, 0.25) is 0 Å². The molecule has 26 heavy (non-hydrogen) atoms. The van der Waals surface area contributed by atoms with Crippen molar-refractivity contribution in [2.24, 2.45) is 5.10 Å². The molecule has 130 valence electrons. The van der Waals surface area contributed by atoms with E-state index in [1.165, 1.54) is 6.21 Å². The molecule has 1 aromatic heterocycles. The Labute approximate surface area is 156 Å². The van der Waals surface area contributed by atoms with Crippen LogP contribution in [0.5, 0.6) is 5.75 Å². The molecule has 0 saturated carbocycles. The molecular weight excluding hydrogens is 350 g/mol. The molecule has 2 aromatic carbocycles. The zero-order valence-corrected chi connectivity index (χ0v) is 14.6. The number of aromatic nitrogens is 1. The van der Waals surface area contributed by atoms with Crippen LogP contribution in [0.25, 0.3) is 0 Å². The van der Waals surface area contributed by atoms with Crippen LogP contribution in [0.15, 0.2) is 78.2 Å². The molecule has 0 atom stereocenters. The predicted octanol–water partition coefficient (Wildman–Crippen LogP) is 4.08. The van der Waals surface area contributed by atoms with Crippen molar-refractivity contribution in [3.8, 4) is 5.75 Å². The summed E-state index contributed by atoms with van der Waals surface area (Å²) in [6.07, 6.45) is 4.85. The number of carbonyl (C=O) groups excluding carboxylic acids is 1. The molecule has 0 aliphatic rings. The summed E-state index contributed by atoms with van der Waals surface area (Å²) in [5, 5.41) is 4.62. The van der Waals surface area contributed by atoms with Crippen molar-refractivity contribution in [1.29, 1.82) is 0 Å². The largest absolute Gasteiger partial charge is 0.488 e. The maximum Gasteiger partial charge on any atom is 0.275 e. The highest BCUT2D eigenvalue weighted by molar-refractivity contribution is 6.30. The zero-order valence-electron chi connectivity index (χ0n) is 13.8. The van der Waals surface area contributed by atoms with Crippen molar-refractivity contribution in [3.05, 3.63) is 94.8 Å². The number of benzene rings is 2. The molecule has 3 rings (SSSR count). The summed E-state index contributed by atoms with van der Waals surface area (Å²) < 4.78 is 5.78. The van der Waals surface area contributed by atoms with Gasteiger partial charge in [0.05, 0.1) is 11.8 Å². The second-order valence-corrected chi connectivity index (χ2v) is 5.83. The van der Waals surface area contributed by atoms with Crippen LogP contribution in [0.4, 0.5) is 0 Å². The van der Waals surface area contributed by atoms with Crippen LogP contribution in [-0.4, -0.2) is 17.1 Å². The molecule has 0 aliphatic carbocycles. The van der Waals surface area contributed by atoms with Gasteiger partial charge in [-0.2, -0.15) is 5.10 Å². The molecule has 3 aromatic rings. The minimum absolute atomic E-state index is 0.334. The van der Waals surface area contributed by atoms with E-state index in [9.17, 15) is 4.79 Å². The lowest BCUT2D eigenvalue weighted by Gasteiger charge is -2.10. The quantitative estimate of drug-likeness (QED) is 0.529. The molecule has 0 spiro atoms. The Morgan fingerprint density at radius 3 is 2.69 bits per heavy atom. The molecular formula is C20H16ClN3O2. The van der Waals surface area contributed by atoms with Crippen molar-refractivity contribution in [3.63, 3.8) is 0 Å². The second kappa shape index (κ2) is 8.78. The monoisotopic (exact) mass is 365 g/mol. The molecule has 1 amide bonds. The van der Waals surface area contributed by atoms with E-state index in [1.807, 2.05) is 24.3 Å². The smallest absolute Gasteiger partial charge is 0.275 e. The number of para-hydroxylation sites is 1. The SMILES string of the molecule is O=C(N/N=C\c1cccnc1)c1ccccc1OCc1ccc(Cl)cc1. The fraction of sp³-hybridized carbons (Fsp3) is 0.0500. The normalized spacial score (nSPS) is 10.7. The summed E-state index contributed by atoms with van der Waals surface area (Å²) in [5.41, 5.74) is 4.66. The summed E-state index contributed by atoms with van der Waals surface area (Å²) in [4.78, 5) is 16.4. The third-order valence-corrected chi connectivity index (χ3v) is 3.76. The number of ether oxygens (including phenoxy) is 1. The fourth-order valence-electron chi connectivity index (χ4n) is 2.20. The first-order valence-electron chi connectivity index (χ1n) is 7.92. The van der Waals surface area contributed by atoms with Gasteiger partial charge in [0.15, 0.2) is 0 Å². The number of nitrogens with zero attached hydrogens (tertiary/aromatic N) is 2. The van der Waals surface area contributed by atoms with Crippen LogP contribution in [-0.2, 0) is 6.61 Å². The number of amides is 1. The van der Waals surface area contributed by atoms with Crippen molar-refractivity contribution in [2.75, 3.05) is 0 Å². The second-order valence-electron chi connectivity index (χ2n) is 5.40. The van der Waals surface area contributed by atoms with Crippen molar-refractivity contribution < 1.29 is 9.53 Å². The minimum Gasteiger partial charge on any atom is -0.488 e. The Morgan fingerprint density at radius 1 is 1.12 bits per heavy atom. The van der Waals surface area contributed by atoms with Gasteiger partial charge < -0.3 is 4.74 Å². The topological polar surface area (TPSA) is 63.6 Å². The van der Waals surface area contributed by atoms with E-state index in [4.69, 9.17) is 16.3 Å². The van der Waals surface area contributed by atoms with E-state index >= 15 is 0 Å². The average molecular weight is 366 g/mol. The predicted molar refractivity (Wildman–Crippen MR) is 102 cm³/mol. The molecule has 0 aliphatic heterocycles. The van der Waals surface area contributed by atoms with Gasteiger partial charge in [0.25, 0.3) is 5.91 Å². The number of rotatable bonds is 6. The Bertz CT molecular complexity index is 896. The van der Waals surface area contributed by atoms with Gasteiger partial charge in [-0.15, -0.1) is 0 Å². The number of hydrazone groups is 1. The molecule has 1 N–H and O–H groups in total. The molecule has 6 heteroatoms. The van der Waals surface area contributed by atoms with Gasteiger partial charge in [0.1, 0.15) is 12.4 Å². The van der Waals surface area contributed by atoms with Gasteiger partial charge in [-0.05, 0) is 35.9 Å². The van der Waals surface area contributed by atoms with Crippen molar-refractivity contribution >= 4 is 23.7 Å². The first-order valence-corrected chi connectivity index (χ1v) is 8.30. The zero-order chi connectivity index (χ0) is 18.2. The van der Waals surface area contributed by atoms with E-state index in [-0.39, 0.29) is 5.91 Å².